The summed E-state index contributed by atoms with van der Waals surface area (Å²) < 4.78 is 83.1. The van der Waals surface area contributed by atoms with Crippen LogP contribution in [0.25, 0.3) is 11.6 Å². The van der Waals surface area contributed by atoms with Gasteiger partial charge in [0.1, 0.15) is 42.6 Å². The van der Waals surface area contributed by atoms with E-state index in [-0.39, 0.29) is 118 Å². The molecule has 78 heavy (non-hydrogen) atoms. The third-order valence-electron chi connectivity index (χ3n) is 18.1. The van der Waals surface area contributed by atoms with Crippen LogP contribution in [0.2, 0.25) is 0 Å². The number of carbonyl (C=O) groups excluding carboxylic acids is 3. The summed E-state index contributed by atoms with van der Waals surface area (Å²) in [7, 11) is -6.66. The number of aliphatic hydroxyl groups excluding tert-OH is 1. The third-order valence-corrected chi connectivity index (χ3v) is 20.5. The van der Waals surface area contributed by atoms with Crippen LogP contribution in [0.4, 0.5) is 0 Å². The highest BCUT2D eigenvalue weighted by Crippen LogP contribution is 2.69. The molecule has 2 heterocycles. The summed E-state index contributed by atoms with van der Waals surface area (Å²) in [5, 5.41) is 12.0. The number of fused-ring (bicyclic) bond motifs is 5. The Morgan fingerprint density at radius 3 is 2.19 bits per heavy atom. The van der Waals surface area contributed by atoms with Crippen molar-refractivity contribution in [3.05, 3.63) is 78.2 Å². The number of para-hydroxylation sites is 2. The summed E-state index contributed by atoms with van der Waals surface area (Å²) in [6.07, 6.45) is 11.4. The maximum absolute atomic E-state index is 14.1. The van der Waals surface area contributed by atoms with Crippen molar-refractivity contribution in [2.45, 2.75) is 154 Å². The van der Waals surface area contributed by atoms with E-state index in [1.54, 1.807) is 54.6 Å². The van der Waals surface area contributed by atoms with Crippen molar-refractivity contribution in [2.24, 2.45) is 52.3 Å². The van der Waals surface area contributed by atoms with Crippen LogP contribution in [0.15, 0.2) is 71.9 Å². The van der Waals surface area contributed by atoms with E-state index in [2.05, 4.69) is 40.7 Å². The number of aliphatic hydroxyl groups is 1. The molecule has 2 aromatic heterocycles. The Balaban J connectivity index is 0.876. The van der Waals surface area contributed by atoms with Gasteiger partial charge < -0.3 is 24.1 Å². The molecule has 424 valence electrons. The molecule has 10 atom stereocenters. The van der Waals surface area contributed by atoms with Gasteiger partial charge in [0.25, 0.3) is 16.0 Å². The lowest BCUT2D eigenvalue weighted by atomic mass is 9.43. The van der Waals surface area contributed by atoms with E-state index in [9.17, 15) is 36.3 Å². The van der Waals surface area contributed by atoms with Gasteiger partial charge in [-0.3, -0.25) is 18.9 Å². The fraction of sp³-hybridized carbons (Fsp3) is 0.610. The van der Waals surface area contributed by atoms with Crippen molar-refractivity contribution < 1.29 is 59.8 Å². The number of benzene rings is 2. The first-order valence-electron chi connectivity index (χ1n) is 27.7. The number of methoxy groups -OCH3 is 1. The molecule has 1 unspecified atom stereocenters. The quantitative estimate of drug-likeness (QED) is 0.0303. The zero-order valence-electron chi connectivity index (χ0n) is 46.2. The van der Waals surface area contributed by atoms with Crippen LogP contribution in [0.1, 0.15) is 143 Å². The average Bonchev–Trinajstić information content (AvgIpc) is 3.84. The molecule has 4 aromatic rings. The number of sulfone groups is 1. The van der Waals surface area contributed by atoms with Gasteiger partial charge in [0.15, 0.2) is 27.2 Å². The number of carbonyl (C=O) groups is 3. The molecular weight excluding hydrogens is 1040 g/mol. The predicted molar refractivity (Wildman–Crippen MR) is 292 cm³/mol. The SMILES string of the molecule is COc1ccccc1Oc1c(CS(=O)(=O)c2ccc(C(C)(C)C)cc2)nc(-c2ncccn2)nc1OCCOC(=O)CC(=O)C[C@@H]1CC[C@@]2(C)C(C1)C[C@H](O)[C@H]1[C@@H]3CC[C@H]([C@@H](C)CCC(=O)CCCS(=O)(=O)O)[C@@]3(C)CC[C@@H]12. The largest absolute Gasteiger partial charge is 0.493 e. The van der Waals surface area contributed by atoms with Gasteiger partial charge in [-0.25, -0.2) is 23.4 Å². The number of ketones is 2. The van der Waals surface area contributed by atoms with Crippen LogP contribution < -0.4 is 14.2 Å². The lowest BCUT2D eigenvalue weighted by molar-refractivity contribution is -0.170. The molecule has 0 spiro atoms. The number of aromatic nitrogens is 4. The van der Waals surface area contributed by atoms with Crippen molar-refractivity contribution in [1.29, 1.82) is 0 Å². The van der Waals surface area contributed by atoms with Crippen LogP contribution in [-0.4, -0.2) is 96.1 Å². The highest BCUT2D eigenvalue weighted by atomic mass is 32.2. The second kappa shape index (κ2) is 24.2. The Kier molecular flexibility index (Phi) is 18.2. The third kappa shape index (κ3) is 13.6. The van der Waals surface area contributed by atoms with E-state index in [0.29, 0.717) is 42.3 Å². The van der Waals surface area contributed by atoms with Gasteiger partial charge in [-0.05, 0) is 158 Å². The van der Waals surface area contributed by atoms with Gasteiger partial charge in [0, 0.05) is 31.7 Å². The van der Waals surface area contributed by atoms with E-state index in [1.165, 1.54) is 19.5 Å². The maximum Gasteiger partial charge on any atom is 0.313 e. The topological polar surface area (TPSA) is 248 Å². The van der Waals surface area contributed by atoms with Gasteiger partial charge in [0.05, 0.1) is 23.9 Å². The Morgan fingerprint density at radius 1 is 0.808 bits per heavy atom. The van der Waals surface area contributed by atoms with Crippen molar-refractivity contribution in [2.75, 3.05) is 26.1 Å². The van der Waals surface area contributed by atoms with Gasteiger partial charge >= 0.3 is 5.97 Å². The second-order valence-corrected chi connectivity index (χ2v) is 27.6. The molecule has 0 radical (unpaired) electrons. The Bertz CT molecular complexity index is 3010. The molecular formula is C59H78N4O13S2. The zero-order valence-corrected chi connectivity index (χ0v) is 47.8. The minimum absolute atomic E-state index is 0.0274. The fourth-order valence-corrected chi connectivity index (χ4v) is 15.8. The molecule has 0 bridgehead atoms. The monoisotopic (exact) mass is 1110 g/mol. The van der Waals surface area contributed by atoms with Crippen LogP contribution >= 0.6 is 0 Å². The predicted octanol–water partition coefficient (Wildman–Crippen LogP) is 10.2. The molecule has 2 aromatic carbocycles. The molecule has 19 heteroatoms. The van der Waals surface area contributed by atoms with Gasteiger partial charge in [0.2, 0.25) is 11.6 Å². The molecule has 4 saturated carbocycles. The van der Waals surface area contributed by atoms with E-state index in [4.69, 9.17) is 23.5 Å². The summed E-state index contributed by atoms with van der Waals surface area (Å²) in [5.74, 6) is 0.505. The maximum atomic E-state index is 14.1. The molecule has 4 fully saturated rings. The van der Waals surface area contributed by atoms with Crippen LogP contribution in [0, 0.1) is 52.3 Å². The number of rotatable bonds is 23. The van der Waals surface area contributed by atoms with E-state index < -0.39 is 50.0 Å². The molecule has 4 aliphatic carbocycles. The van der Waals surface area contributed by atoms with E-state index in [0.717, 1.165) is 56.9 Å². The average molecular weight is 1120 g/mol. The number of Topliss-reactive ketones (excluding diaryl/α,β-unsaturated/α-hetero) is 2. The standard InChI is InChI=1S/C59H78N4O13S2/c1-37(15-18-41(64)12-10-31-78(70,71)72)44-21-22-45-52-46(24-26-59(44,45)6)58(5)25-23-38(32-40(58)34-48(52)66)33-42(65)35-51(67)74-29-30-75-56-53(76-50-14-9-8-13-49(50)73-7)47(62-55(63-56)54-60-27-11-28-61-54)36-77(68,69)43-19-16-39(17-20-43)57(2,3)4/h8-9,11,13-14,16-17,19-20,27-28,37-38,40,44-46,48,52,66H,10,12,15,18,21-26,29-36H2,1-7H3,(H,70,71,72)/t37-,38+,40?,44+,45-,46-,48-,52-,58-,59+/m0/s1. The zero-order chi connectivity index (χ0) is 56.2. The minimum Gasteiger partial charge on any atom is -0.493 e. The molecule has 4 aliphatic rings. The lowest BCUT2D eigenvalue weighted by Gasteiger charge is -2.62. The van der Waals surface area contributed by atoms with Gasteiger partial charge in [-0.15, -0.1) is 0 Å². The summed E-state index contributed by atoms with van der Waals surface area (Å²) in [4.78, 5) is 57.3. The Hall–Kier alpha value is -5.37. The van der Waals surface area contributed by atoms with Crippen LogP contribution in [0.5, 0.6) is 23.1 Å². The van der Waals surface area contributed by atoms with Crippen molar-refractivity contribution >= 4 is 37.5 Å². The number of hydrogen-bond donors (Lipinski definition) is 2. The summed E-state index contributed by atoms with van der Waals surface area (Å²) in [6.45, 7) is 12.7. The molecule has 0 saturated heterocycles. The number of nitrogens with zero attached hydrogens (tertiary/aromatic N) is 4. The smallest absolute Gasteiger partial charge is 0.313 e. The molecule has 0 amide bonds. The first kappa shape index (κ1) is 58.8. The highest BCUT2D eigenvalue weighted by molar-refractivity contribution is 7.90. The van der Waals surface area contributed by atoms with Crippen LogP contribution in [-0.2, 0) is 50.2 Å². The lowest BCUT2D eigenvalue weighted by Crippen LogP contribution is -2.58. The summed E-state index contributed by atoms with van der Waals surface area (Å²) >= 11 is 0. The van der Waals surface area contributed by atoms with Gasteiger partial charge in [-0.1, -0.05) is 65.8 Å². The minimum atomic E-state index is -4.08. The van der Waals surface area contributed by atoms with Crippen molar-refractivity contribution in [3.63, 3.8) is 0 Å². The van der Waals surface area contributed by atoms with Crippen molar-refractivity contribution in [1.82, 2.24) is 19.9 Å². The second-order valence-electron chi connectivity index (χ2n) is 24.1. The van der Waals surface area contributed by atoms with Crippen molar-refractivity contribution in [3.8, 4) is 34.8 Å². The molecule has 17 nitrogen and oxygen atoms in total. The number of hydrogen-bond acceptors (Lipinski definition) is 16. The summed E-state index contributed by atoms with van der Waals surface area (Å²) in [6, 6.07) is 15.1. The number of esters is 1. The normalized spacial score (nSPS) is 26.4. The summed E-state index contributed by atoms with van der Waals surface area (Å²) in [5.41, 5.74) is 0.813. The van der Waals surface area contributed by atoms with E-state index >= 15 is 0 Å². The van der Waals surface area contributed by atoms with Gasteiger partial charge in [-0.2, -0.15) is 13.4 Å². The molecule has 8 rings (SSSR count). The Morgan fingerprint density at radius 2 is 1.50 bits per heavy atom. The molecule has 0 aliphatic heterocycles. The molecule has 2 N–H and O–H groups in total. The Labute approximate surface area is 460 Å². The fourth-order valence-electron chi connectivity index (χ4n) is 14.1. The highest BCUT2D eigenvalue weighted by Gasteiger charge is 2.63. The van der Waals surface area contributed by atoms with E-state index in [1.807, 2.05) is 20.8 Å². The first-order chi connectivity index (χ1) is 36.9. The van der Waals surface area contributed by atoms with Crippen LogP contribution in [0.3, 0.4) is 0 Å². The number of ether oxygens (including phenoxy) is 4. The first-order valence-corrected chi connectivity index (χ1v) is 30.9.